The maximum Gasteiger partial charge on any atom is 0.248 e. The summed E-state index contributed by atoms with van der Waals surface area (Å²) in [6.07, 6.45) is 3.05. The Morgan fingerprint density at radius 3 is 2.33 bits per heavy atom. The summed E-state index contributed by atoms with van der Waals surface area (Å²) >= 11 is 0. The van der Waals surface area contributed by atoms with Crippen molar-refractivity contribution in [3.8, 4) is 0 Å². The number of aromatic amines is 1. The molecule has 5 N–H and O–H groups in total. The summed E-state index contributed by atoms with van der Waals surface area (Å²) in [7, 11) is 0. The maximum atomic E-state index is 10.9. The molecule has 2 aromatic rings. The van der Waals surface area contributed by atoms with Crippen LogP contribution in [0.3, 0.4) is 0 Å². The molecular formula is C15H20N4O2. The number of carbonyl (C=O) groups is 1. The molecule has 0 aliphatic carbocycles. The number of hydrogen-bond acceptors (Lipinski definition) is 4. The SMILES string of the molecule is CC.NC(=O)c1ccc(CCc2c[nH]c(N)c2N=O)cc1. The first-order valence-corrected chi connectivity index (χ1v) is 6.79. The van der Waals surface area contributed by atoms with Crippen molar-refractivity contribution in [3.63, 3.8) is 0 Å². The van der Waals surface area contributed by atoms with Gasteiger partial charge in [0.25, 0.3) is 0 Å². The van der Waals surface area contributed by atoms with Crippen LogP contribution in [0.5, 0.6) is 0 Å². The highest BCUT2D eigenvalue weighted by Crippen LogP contribution is 2.27. The van der Waals surface area contributed by atoms with E-state index in [1.54, 1.807) is 18.3 Å². The number of amides is 1. The number of carbonyl (C=O) groups excluding carboxylic acids is 1. The molecule has 0 saturated heterocycles. The van der Waals surface area contributed by atoms with Crippen LogP contribution in [-0.2, 0) is 12.8 Å². The number of aryl methyl sites for hydroxylation is 2. The van der Waals surface area contributed by atoms with Crippen LogP contribution in [0.4, 0.5) is 11.5 Å². The Kier molecular flexibility index (Phi) is 6.13. The van der Waals surface area contributed by atoms with E-state index in [-0.39, 0.29) is 11.5 Å². The minimum absolute atomic E-state index is 0.272. The maximum absolute atomic E-state index is 10.9. The minimum Gasteiger partial charge on any atom is -0.383 e. The third-order valence-corrected chi connectivity index (χ3v) is 2.97. The number of nitrogens with two attached hydrogens (primary N) is 2. The van der Waals surface area contributed by atoms with Gasteiger partial charge in [-0.2, -0.15) is 0 Å². The molecule has 21 heavy (non-hydrogen) atoms. The first kappa shape index (κ1) is 16.4. The van der Waals surface area contributed by atoms with Gasteiger partial charge in [0.15, 0.2) is 5.69 Å². The number of nitroso groups, excluding NO2 is 1. The van der Waals surface area contributed by atoms with Crippen LogP contribution in [-0.4, -0.2) is 10.9 Å². The summed E-state index contributed by atoms with van der Waals surface area (Å²) in [5, 5.41) is 2.91. The molecule has 0 spiro atoms. The number of nitrogens with zero attached hydrogens (tertiary/aromatic N) is 1. The standard InChI is InChI=1S/C13H14N4O2.C2H6/c14-12-11(17-19)10(7-16-12)6-3-8-1-4-9(5-2-8)13(15)18;1-2/h1-2,4-5,7,16H,3,6,14H2,(H2,15,18);1-2H3. The Morgan fingerprint density at radius 2 is 1.81 bits per heavy atom. The second-order valence-electron chi connectivity index (χ2n) is 4.23. The Bertz CT molecular complexity index is 603. The molecule has 1 amide bonds. The molecule has 112 valence electrons. The van der Waals surface area contributed by atoms with E-state index in [1.165, 1.54) is 0 Å². The fraction of sp³-hybridized carbons (Fsp3) is 0.267. The summed E-state index contributed by atoms with van der Waals surface area (Å²) in [5.74, 6) is -0.161. The van der Waals surface area contributed by atoms with Crippen LogP contribution in [0.1, 0.15) is 35.3 Å². The molecule has 1 aromatic heterocycles. The van der Waals surface area contributed by atoms with E-state index in [4.69, 9.17) is 11.5 Å². The van der Waals surface area contributed by atoms with E-state index < -0.39 is 5.91 Å². The number of primary amides is 1. The number of aromatic nitrogens is 1. The predicted molar refractivity (Wildman–Crippen MR) is 84.4 cm³/mol. The molecule has 2 rings (SSSR count). The third-order valence-electron chi connectivity index (χ3n) is 2.97. The van der Waals surface area contributed by atoms with Gasteiger partial charge in [-0.05, 0) is 35.7 Å². The zero-order valence-electron chi connectivity index (χ0n) is 12.2. The Morgan fingerprint density at radius 1 is 1.19 bits per heavy atom. The molecule has 6 heteroatoms. The molecule has 0 saturated carbocycles. The van der Waals surface area contributed by atoms with E-state index in [2.05, 4.69) is 10.2 Å². The second kappa shape index (κ2) is 7.84. The number of nitrogen functional groups attached to an aromatic ring is 1. The Balaban J connectivity index is 0.00000106. The molecule has 1 heterocycles. The van der Waals surface area contributed by atoms with Crippen molar-refractivity contribution in [2.45, 2.75) is 26.7 Å². The first-order chi connectivity index (χ1) is 10.1. The van der Waals surface area contributed by atoms with Gasteiger partial charge in [-0.1, -0.05) is 26.0 Å². The van der Waals surface area contributed by atoms with Crippen molar-refractivity contribution >= 4 is 17.4 Å². The lowest BCUT2D eigenvalue weighted by Crippen LogP contribution is -2.10. The van der Waals surface area contributed by atoms with Gasteiger partial charge in [-0.25, -0.2) is 0 Å². The Hall–Kier alpha value is -2.63. The van der Waals surface area contributed by atoms with Gasteiger partial charge >= 0.3 is 0 Å². The fourth-order valence-electron chi connectivity index (χ4n) is 1.89. The molecule has 0 aliphatic heterocycles. The average Bonchev–Trinajstić information content (AvgIpc) is 2.87. The van der Waals surface area contributed by atoms with Crippen LogP contribution in [0.25, 0.3) is 0 Å². The number of benzene rings is 1. The summed E-state index contributed by atoms with van der Waals surface area (Å²) in [6.45, 7) is 4.00. The first-order valence-electron chi connectivity index (χ1n) is 6.79. The van der Waals surface area contributed by atoms with E-state index >= 15 is 0 Å². The van der Waals surface area contributed by atoms with Gasteiger partial charge in [-0.3, -0.25) is 4.79 Å². The quantitative estimate of drug-likeness (QED) is 0.735. The number of nitrogens with one attached hydrogen (secondary N) is 1. The lowest BCUT2D eigenvalue weighted by atomic mass is 10.0. The predicted octanol–water partition coefficient (Wildman–Crippen LogP) is 2.91. The van der Waals surface area contributed by atoms with E-state index in [1.807, 2.05) is 26.0 Å². The lowest BCUT2D eigenvalue weighted by Gasteiger charge is -2.02. The minimum atomic E-state index is -0.447. The average molecular weight is 288 g/mol. The van der Waals surface area contributed by atoms with Crippen LogP contribution < -0.4 is 11.5 Å². The van der Waals surface area contributed by atoms with Gasteiger partial charge in [-0.15, -0.1) is 4.91 Å². The molecule has 0 bridgehead atoms. The summed E-state index contributed by atoms with van der Waals surface area (Å²) in [4.78, 5) is 24.3. The van der Waals surface area contributed by atoms with Crippen molar-refractivity contribution in [1.82, 2.24) is 4.98 Å². The molecular weight excluding hydrogens is 268 g/mol. The van der Waals surface area contributed by atoms with Crippen LogP contribution in [0.15, 0.2) is 35.6 Å². The van der Waals surface area contributed by atoms with Crippen LogP contribution in [0, 0.1) is 4.91 Å². The van der Waals surface area contributed by atoms with Gasteiger partial charge in [0.2, 0.25) is 5.91 Å². The molecule has 0 aliphatic rings. The van der Waals surface area contributed by atoms with Crippen LogP contribution in [0.2, 0.25) is 0 Å². The number of anilines is 1. The highest BCUT2D eigenvalue weighted by atomic mass is 16.3. The summed E-state index contributed by atoms with van der Waals surface area (Å²) < 4.78 is 0. The number of H-pyrrole nitrogens is 1. The third kappa shape index (κ3) is 4.17. The zero-order valence-corrected chi connectivity index (χ0v) is 12.2. The molecule has 0 radical (unpaired) electrons. The zero-order chi connectivity index (χ0) is 15.8. The second-order valence-corrected chi connectivity index (χ2v) is 4.23. The number of hydrogen-bond donors (Lipinski definition) is 3. The van der Waals surface area contributed by atoms with E-state index in [9.17, 15) is 9.70 Å². The fourth-order valence-corrected chi connectivity index (χ4v) is 1.89. The van der Waals surface area contributed by atoms with Gasteiger partial charge in [0.1, 0.15) is 5.82 Å². The molecule has 6 nitrogen and oxygen atoms in total. The van der Waals surface area contributed by atoms with Crippen molar-refractivity contribution in [2.75, 3.05) is 5.73 Å². The summed E-state index contributed by atoms with van der Waals surface area (Å²) in [6, 6.07) is 7.04. The van der Waals surface area contributed by atoms with E-state index in [0.717, 1.165) is 17.5 Å². The van der Waals surface area contributed by atoms with Crippen molar-refractivity contribution < 1.29 is 4.79 Å². The van der Waals surface area contributed by atoms with E-state index in [0.29, 0.717) is 12.0 Å². The molecule has 1 aromatic carbocycles. The number of rotatable bonds is 5. The largest absolute Gasteiger partial charge is 0.383 e. The Labute approximate surface area is 123 Å². The normalized spacial score (nSPS) is 9.62. The summed E-state index contributed by atoms with van der Waals surface area (Å²) in [5.41, 5.74) is 13.3. The molecule has 0 unspecified atom stereocenters. The van der Waals surface area contributed by atoms with Crippen molar-refractivity contribution in [1.29, 1.82) is 0 Å². The van der Waals surface area contributed by atoms with Crippen molar-refractivity contribution in [2.24, 2.45) is 10.9 Å². The lowest BCUT2D eigenvalue weighted by molar-refractivity contribution is 0.100. The van der Waals surface area contributed by atoms with Gasteiger partial charge in [0, 0.05) is 17.3 Å². The smallest absolute Gasteiger partial charge is 0.248 e. The topological polar surface area (TPSA) is 114 Å². The highest BCUT2D eigenvalue weighted by Gasteiger charge is 2.09. The molecule has 0 fully saturated rings. The highest BCUT2D eigenvalue weighted by molar-refractivity contribution is 5.92. The van der Waals surface area contributed by atoms with Crippen molar-refractivity contribution in [3.05, 3.63) is 52.1 Å². The monoisotopic (exact) mass is 288 g/mol. The molecule has 0 atom stereocenters. The van der Waals surface area contributed by atoms with Crippen LogP contribution >= 0.6 is 0 Å². The van der Waals surface area contributed by atoms with Gasteiger partial charge < -0.3 is 16.5 Å². The van der Waals surface area contributed by atoms with Gasteiger partial charge in [0.05, 0.1) is 0 Å².